The number of thiophene rings is 1. The number of rotatable bonds is 5. The van der Waals surface area contributed by atoms with E-state index in [1.54, 1.807) is 0 Å². The number of nitrogens with two attached hydrogens (primary N) is 1. The maximum absolute atomic E-state index is 17.0. The number of nitrogen functional groups attached to an aromatic ring is 1. The van der Waals surface area contributed by atoms with E-state index >= 15 is 4.39 Å². The minimum absolute atomic E-state index is 0.0687. The van der Waals surface area contributed by atoms with Crippen molar-refractivity contribution in [2.75, 3.05) is 50.5 Å². The molecule has 0 unspecified atom stereocenters. The summed E-state index contributed by atoms with van der Waals surface area (Å²) < 4.78 is 96.4. The van der Waals surface area contributed by atoms with E-state index < -0.39 is 39.9 Å². The fourth-order valence-corrected chi connectivity index (χ4v) is 8.35. The highest BCUT2D eigenvalue weighted by atomic mass is 32.1. The van der Waals surface area contributed by atoms with Gasteiger partial charge < -0.3 is 25.6 Å². The van der Waals surface area contributed by atoms with Crippen molar-refractivity contribution in [3.05, 3.63) is 52.9 Å². The maximum atomic E-state index is 17.0. The summed E-state index contributed by atoms with van der Waals surface area (Å²) >= 11 is 0.697. The second-order valence-electron chi connectivity index (χ2n) is 13.1. The Bertz CT molecular complexity index is 2010. The van der Waals surface area contributed by atoms with Crippen LogP contribution in [0.15, 0.2) is 30.1 Å². The number of ether oxygens (including phenoxy) is 1. The molecule has 2 bridgehead atoms. The average molecular weight is 688 g/mol. The molecule has 0 saturated carbocycles. The fraction of sp³-hybridized carbons (Fsp3) is 0.424. The lowest BCUT2D eigenvalue weighted by Crippen LogP contribution is -2.51. The van der Waals surface area contributed by atoms with Gasteiger partial charge in [0.15, 0.2) is 5.82 Å². The molecule has 3 saturated heterocycles. The fourth-order valence-electron chi connectivity index (χ4n) is 7.40. The summed E-state index contributed by atoms with van der Waals surface area (Å²) in [6.07, 6.45) is -2.28. The molecule has 3 fully saturated rings. The molecule has 3 aliphatic heterocycles. The van der Waals surface area contributed by atoms with Gasteiger partial charge in [-0.3, -0.25) is 0 Å². The Kier molecular flexibility index (Phi) is 7.96. The summed E-state index contributed by atoms with van der Waals surface area (Å²) in [6, 6.07) is 4.45. The number of benzene rings is 2. The summed E-state index contributed by atoms with van der Waals surface area (Å²) in [5, 5.41) is 12.8. The summed E-state index contributed by atoms with van der Waals surface area (Å²) in [5.41, 5.74) is 2.46. The quantitative estimate of drug-likeness (QED) is 0.222. The Morgan fingerprint density at radius 2 is 1.94 bits per heavy atom. The largest absolute Gasteiger partial charge is 0.462 e. The third kappa shape index (κ3) is 5.39. The summed E-state index contributed by atoms with van der Waals surface area (Å²) in [4.78, 5) is 12.7. The summed E-state index contributed by atoms with van der Waals surface area (Å²) in [5.74, 6) is -2.06. The van der Waals surface area contributed by atoms with Crippen LogP contribution in [0.5, 0.6) is 6.01 Å². The van der Waals surface area contributed by atoms with Gasteiger partial charge in [-0.05, 0) is 49.6 Å². The molecule has 8 nitrogen and oxygen atoms in total. The van der Waals surface area contributed by atoms with Gasteiger partial charge in [-0.2, -0.15) is 28.4 Å². The van der Waals surface area contributed by atoms with Crippen LogP contribution < -0.4 is 20.7 Å². The molecular weight excluding hydrogens is 656 g/mol. The Labute approximate surface area is 275 Å². The van der Waals surface area contributed by atoms with Crippen LogP contribution in [0, 0.1) is 28.4 Å². The molecule has 2 aromatic carbocycles. The number of anilines is 2. The Balaban J connectivity index is 1.46. The van der Waals surface area contributed by atoms with Crippen molar-refractivity contribution in [2.24, 2.45) is 5.41 Å². The van der Waals surface area contributed by atoms with Gasteiger partial charge in [0.25, 0.3) is 0 Å². The van der Waals surface area contributed by atoms with E-state index in [9.17, 15) is 27.2 Å². The first-order chi connectivity index (χ1) is 22.8. The molecule has 48 heavy (non-hydrogen) atoms. The van der Waals surface area contributed by atoms with Crippen LogP contribution in [0.25, 0.3) is 32.1 Å². The van der Waals surface area contributed by atoms with Crippen LogP contribution in [0.4, 0.5) is 37.2 Å². The van der Waals surface area contributed by atoms with E-state index in [2.05, 4.69) is 15.3 Å². The van der Waals surface area contributed by atoms with Crippen molar-refractivity contribution < 1.29 is 31.1 Å². The van der Waals surface area contributed by atoms with Crippen LogP contribution in [0.2, 0.25) is 0 Å². The molecule has 15 heteroatoms. The molecule has 0 radical (unpaired) electrons. The topological polar surface area (TPSA) is 103 Å². The van der Waals surface area contributed by atoms with Crippen LogP contribution in [0.1, 0.15) is 37.3 Å². The minimum atomic E-state index is -5.06. The Hall–Kier alpha value is -4.13. The summed E-state index contributed by atoms with van der Waals surface area (Å²) in [7, 11) is 1.90. The van der Waals surface area contributed by atoms with Gasteiger partial charge in [0.1, 0.15) is 34.8 Å². The number of piperidine rings is 1. The number of likely N-dealkylation sites (tertiary alicyclic amines) is 1. The van der Waals surface area contributed by atoms with Crippen LogP contribution in [-0.2, 0) is 6.18 Å². The Morgan fingerprint density at radius 1 is 1.21 bits per heavy atom. The van der Waals surface area contributed by atoms with Gasteiger partial charge in [0, 0.05) is 60.0 Å². The molecular formula is C33H31F6N7OS. The highest BCUT2D eigenvalue weighted by Crippen LogP contribution is 2.48. The number of hydrogen-bond acceptors (Lipinski definition) is 9. The van der Waals surface area contributed by atoms with Gasteiger partial charge in [0.2, 0.25) is 0 Å². The molecule has 3 aliphatic rings. The van der Waals surface area contributed by atoms with Crippen molar-refractivity contribution in [1.82, 2.24) is 20.2 Å². The lowest BCUT2D eigenvalue weighted by Gasteiger charge is -2.40. The van der Waals surface area contributed by atoms with E-state index in [0.717, 1.165) is 31.0 Å². The van der Waals surface area contributed by atoms with Gasteiger partial charge in [0.05, 0.1) is 22.2 Å². The predicted molar refractivity (Wildman–Crippen MR) is 171 cm³/mol. The van der Waals surface area contributed by atoms with Crippen molar-refractivity contribution in [3.8, 4) is 23.2 Å². The monoisotopic (exact) mass is 687 g/mol. The molecule has 0 spiro atoms. The molecule has 0 aliphatic carbocycles. The maximum Gasteiger partial charge on any atom is 0.417 e. The third-order valence-corrected chi connectivity index (χ3v) is 10.7. The van der Waals surface area contributed by atoms with Gasteiger partial charge in [-0.1, -0.05) is 13.0 Å². The molecule has 3 atom stereocenters. The number of aromatic nitrogens is 2. The first kappa shape index (κ1) is 32.4. The second kappa shape index (κ2) is 11.8. The molecule has 0 amide bonds. The van der Waals surface area contributed by atoms with E-state index in [-0.39, 0.29) is 62.1 Å². The van der Waals surface area contributed by atoms with Crippen molar-refractivity contribution in [2.45, 2.75) is 44.4 Å². The number of fused-ring (bicyclic) bond motifs is 4. The molecule has 4 aromatic rings. The van der Waals surface area contributed by atoms with Crippen LogP contribution in [-0.4, -0.2) is 66.8 Å². The van der Waals surface area contributed by atoms with E-state index in [0.29, 0.717) is 55.8 Å². The highest BCUT2D eigenvalue weighted by molar-refractivity contribution is 7.23. The number of halogens is 6. The lowest BCUT2D eigenvalue weighted by molar-refractivity contribution is -0.137. The van der Waals surface area contributed by atoms with Crippen molar-refractivity contribution >= 4 is 43.1 Å². The summed E-state index contributed by atoms with van der Waals surface area (Å²) in [6.45, 7) is 3.71. The van der Waals surface area contributed by atoms with Gasteiger partial charge in [-0.25, -0.2) is 13.2 Å². The number of piperazine rings is 1. The SMILES string of the molecule is CN1CC/C(=C\F)[C@](C)(COc2nc(N3C[C@H]4CC[C@@H](C3)N4)c3cc(C(F)(F)F)c(-c4ccc(F)c5sc(N)c(C#N)c45)c(F)c3n2)C1. The zero-order valence-electron chi connectivity index (χ0n) is 26.0. The Morgan fingerprint density at radius 3 is 2.60 bits per heavy atom. The molecule has 252 valence electrons. The normalized spacial score (nSPS) is 24.1. The number of hydrogen-bond donors (Lipinski definition) is 2. The smallest absolute Gasteiger partial charge is 0.417 e. The number of nitriles is 1. The van der Waals surface area contributed by atoms with Crippen molar-refractivity contribution in [1.29, 1.82) is 5.26 Å². The van der Waals surface area contributed by atoms with Crippen molar-refractivity contribution in [3.63, 3.8) is 0 Å². The number of nitrogens with one attached hydrogen (secondary N) is 1. The predicted octanol–water partition coefficient (Wildman–Crippen LogP) is 6.78. The molecule has 2 aromatic heterocycles. The van der Waals surface area contributed by atoms with Crippen LogP contribution >= 0.6 is 11.3 Å². The molecule has 3 N–H and O–H groups in total. The number of nitrogens with zero attached hydrogens (tertiary/aromatic N) is 5. The minimum Gasteiger partial charge on any atom is -0.462 e. The van der Waals surface area contributed by atoms with E-state index in [1.165, 1.54) is 0 Å². The first-order valence-electron chi connectivity index (χ1n) is 15.5. The standard InChI is InChI=1S/C33H31F6N7OS/c1-32(14-45(2)8-7-16(32)10-34)15-47-31-43-27-20(30(44-31)46-12-17-3-4-18(13-46)42-17)9-22(33(37,38)39)25(26(27)36)19-5-6-23(35)28-24(19)21(11-40)29(41)48-28/h5-6,9-10,17-18,42H,3-4,7-8,12-15,41H2,1-2H3/b16-10+/t17-,18+,32-/m0/s1. The highest BCUT2D eigenvalue weighted by Gasteiger charge is 2.40. The zero-order chi connectivity index (χ0) is 34.1. The van der Waals surface area contributed by atoms with Crippen LogP contribution in [0.3, 0.4) is 0 Å². The lowest BCUT2D eigenvalue weighted by atomic mass is 9.78. The molecule has 5 heterocycles. The van der Waals surface area contributed by atoms with E-state index in [1.807, 2.05) is 29.8 Å². The second-order valence-corrected chi connectivity index (χ2v) is 14.2. The zero-order valence-corrected chi connectivity index (χ0v) is 26.8. The molecule has 7 rings (SSSR count). The van der Waals surface area contributed by atoms with Gasteiger partial charge >= 0.3 is 12.2 Å². The van der Waals surface area contributed by atoms with Gasteiger partial charge in [-0.15, -0.1) is 11.3 Å². The first-order valence-corrected chi connectivity index (χ1v) is 16.3. The van der Waals surface area contributed by atoms with E-state index in [4.69, 9.17) is 10.5 Å². The number of alkyl halides is 3. The third-order valence-electron chi connectivity index (χ3n) is 9.72. The average Bonchev–Trinajstić information content (AvgIpc) is 3.57.